The van der Waals surface area contributed by atoms with E-state index < -0.39 is 17.9 Å². The number of carbonyl (C=O) groups excluding carboxylic acids is 2. The largest absolute Gasteiger partial charge is 0.480 e. The van der Waals surface area contributed by atoms with E-state index in [2.05, 4.69) is 0 Å². The summed E-state index contributed by atoms with van der Waals surface area (Å²) in [5.41, 5.74) is 0.589. The molecule has 0 aromatic heterocycles. The van der Waals surface area contributed by atoms with Crippen LogP contribution in [0.15, 0.2) is 59.5 Å². The number of nitrogens with zero attached hydrogens (tertiary/aromatic N) is 1. The van der Waals surface area contributed by atoms with E-state index in [9.17, 15) is 19.5 Å². The Hall–Kier alpha value is -1.96. The Kier molecular flexibility index (Phi) is 7.86. The minimum atomic E-state index is -0.997. The van der Waals surface area contributed by atoms with Crippen LogP contribution in [0.2, 0.25) is 5.02 Å². The van der Waals surface area contributed by atoms with Crippen molar-refractivity contribution in [3.8, 4) is 0 Å². The van der Waals surface area contributed by atoms with Crippen molar-refractivity contribution in [1.29, 1.82) is 0 Å². The number of hydrogen-bond acceptors (Lipinski definition) is 5. The van der Waals surface area contributed by atoms with Gasteiger partial charge >= 0.3 is 5.97 Å². The van der Waals surface area contributed by atoms with E-state index in [1.165, 1.54) is 4.90 Å². The maximum Gasteiger partial charge on any atom is 0.326 e. The lowest BCUT2D eigenvalue weighted by Gasteiger charge is -2.24. The summed E-state index contributed by atoms with van der Waals surface area (Å²) in [6.07, 6.45) is 0.386. The van der Waals surface area contributed by atoms with Crippen molar-refractivity contribution in [3.05, 3.63) is 65.2 Å². The molecule has 30 heavy (non-hydrogen) atoms. The van der Waals surface area contributed by atoms with Crippen molar-refractivity contribution >= 4 is 52.1 Å². The van der Waals surface area contributed by atoms with E-state index in [4.69, 9.17) is 11.6 Å². The highest BCUT2D eigenvalue weighted by atomic mass is 35.5. The fraction of sp³-hybridized carbons (Fsp3) is 0.318. The fourth-order valence-corrected chi connectivity index (χ4v) is 5.44. The molecule has 1 heterocycles. The number of aliphatic carboxylic acids is 1. The molecule has 1 saturated heterocycles. The van der Waals surface area contributed by atoms with Gasteiger partial charge in [0.15, 0.2) is 0 Å². The first kappa shape index (κ1) is 22.7. The van der Waals surface area contributed by atoms with E-state index >= 15 is 0 Å². The van der Waals surface area contributed by atoms with E-state index in [1.54, 1.807) is 55.1 Å². The lowest BCUT2D eigenvalue weighted by atomic mass is 10.1. The molecular weight excluding hydrogens is 442 g/mol. The number of carbonyl (C=O) groups is 3. The number of carboxylic acids is 1. The quantitative estimate of drug-likeness (QED) is 0.641. The number of rotatable bonds is 7. The standard InChI is InChI=1S/C22H22ClNO4S2/c1-14(13-29-22(28)15-5-3-2-4-6-15)20(25)24-12-18(11-19(24)21(26)27)30-17-9-7-16(23)8-10-17/h2-10,14,18-19H,11-13H2,1H3,(H,26,27)/t14?,18?,19-/m0/s1. The number of amides is 1. The first-order chi connectivity index (χ1) is 14.3. The molecule has 0 bridgehead atoms. The summed E-state index contributed by atoms with van der Waals surface area (Å²) in [4.78, 5) is 39.4. The summed E-state index contributed by atoms with van der Waals surface area (Å²) in [7, 11) is 0. The minimum absolute atomic E-state index is 0.0120. The average Bonchev–Trinajstić information content (AvgIpc) is 3.17. The van der Waals surface area contributed by atoms with Crippen LogP contribution in [-0.4, -0.2) is 50.6 Å². The van der Waals surface area contributed by atoms with Crippen molar-refractivity contribution < 1.29 is 19.5 Å². The highest BCUT2D eigenvalue weighted by Crippen LogP contribution is 2.34. The second-order valence-electron chi connectivity index (χ2n) is 7.14. The molecule has 5 nitrogen and oxygen atoms in total. The van der Waals surface area contributed by atoms with Crippen molar-refractivity contribution in [2.45, 2.75) is 29.5 Å². The molecule has 2 aromatic rings. The number of likely N-dealkylation sites (tertiary alicyclic amines) is 1. The molecule has 1 N–H and O–H groups in total. The van der Waals surface area contributed by atoms with Gasteiger partial charge < -0.3 is 10.0 Å². The zero-order chi connectivity index (χ0) is 21.7. The molecule has 1 aliphatic heterocycles. The molecule has 3 rings (SSSR count). The van der Waals surface area contributed by atoms with Gasteiger partial charge in [0.2, 0.25) is 11.0 Å². The Bertz CT molecular complexity index is 907. The van der Waals surface area contributed by atoms with Crippen LogP contribution in [0.4, 0.5) is 0 Å². The van der Waals surface area contributed by atoms with E-state index in [0.29, 0.717) is 29.3 Å². The van der Waals surface area contributed by atoms with Crippen LogP contribution in [-0.2, 0) is 9.59 Å². The van der Waals surface area contributed by atoms with Crippen LogP contribution in [0.1, 0.15) is 23.7 Å². The lowest BCUT2D eigenvalue weighted by Crippen LogP contribution is -2.43. The van der Waals surface area contributed by atoms with Crippen LogP contribution in [0.5, 0.6) is 0 Å². The third-order valence-corrected chi connectivity index (χ3v) is 7.48. The topological polar surface area (TPSA) is 74.7 Å². The molecule has 8 heteroatoms. The van der Waals surface area contributed by atoms with Crippen LogP contribution in [0.3, 0.4) is 0 Å². The Balaban J connectivity index is 1.60. The van der Waals surface area contributed by atoms with Crippen LogP contribution in [0, 0.1) is 5.92 Å². The summed E-state index contributed by atoms with van der Waals surface area (Å²) in [6, 6.07) is 15.4. The SMILES string of the molecule is CC(CSC(=O)c1ccccc1)C(=O)N1CC(Sc2ccc(Cl)cc2)C[C@H]1C(=O)O. The van der Waals surface area contributed by atoms with Gasteiger partial charge in [-0.2, -0.15) is 0 Å². The van der Waals surface area contributed by atoms with Gasteiger partial charge in [0, 0.05) is 38.9 Å². The number of benzene rings is 2. The third kappa shape index (κ3) is 5.80. The third-order valence-electron chi connectivity index (χ3n) is 4.84. The highest BCUT2D eigenvalue weighted by Gasteiger charge is 2.41. The number of carboxylic acid groups (broad SMARTS) is 1. The van der Waals surface area contributed by atoms with Gasteiger partial charge in [-0.3, -0.25) is 9.59 Å². The molecule has 0 radical (unpaired) electrons. The van der Waals surface area contributed by atoms with Crippen molar-refractivity contribution in [1.82, 2.24) is 4.90 Å². The average molecular weight is 464 g/mol. The van der Waals surface area contributed by atoms with Crippen molar-refractivity contribution in [2.75, 3.05) is 12.3 Å². The van der Waals surface area contributed by atoms with Gasteiger partial charge in [0.1, 0.15) is 6.04 Å². The Morgan fingerprint density at radius 1 is 1.13 bits per heavy atom. The minimum Gasteiger partial charge on any atom is -0.480 e. The van der Waals surface area contributed by atoms with Gasteiger partial charge in [-0.1, -0.05) is 60.6 Å². The van der Waals surface area contributed by atoms with Crippen molar-refractivity contribution in [3.63, 3.8) is 0 Å². The van der Waals surface area contributed by atoms with Crippen molar-refractivity contribution in [2.24, 2.45) is 5.92 Å². The first-order valence-corrected chi connectivity index (χ1v) is 11.8. The summed E-state index contributed by atoms with van der Waals surface area (Å²) < 4.78 is 0. The molecular formula is C22H22ClNO4S2. The van der Waals surface area contributed by atoms with Gasteiger partial charge in [-0.15, -0.1) is 11.8 Å². The molecule has 2 aromatic carbocycles. The molecule has 1 fully saturated rings. The van der Waals surface area contributed by atoms with Gasteiger partial charge in [-0.25, -0.2) is 4.79 Å². The molecule has 2 unspecified atom stereocenters. The van der Waals surface area contributed by atoms with E-state index in [1.807, 2.05) is 18.2 Å². The van der Waals surface area contributed by atoms with E-state index in [0.717, 1.165) is 16.7 Å². The first-order valence-electron chi connectivity index (χ1n) is 9.53. The van der Waals surface area contributed by atoms with Crippen LogP contribution >= 0.6 is 35.1 Å². The Labute approximate surface area is 189 Å². The molecule has 0 spiro atoms. The molecule has 158 valence electrons. The molecule has 0 aliphatic carbocycles. The predicted molar refractivity (Wildman–Crippen MR) is 121 cm³/mol. The summed E-state index contributed by atoms with van der Waals surface area (Å²) in [5.74, 6) is -1.37. The van der Waals surface area contributed by atoms with Gasteiger partial charge in [-0.05, 0) is 30.7 Å². The van der Waals surface area contributed by atoms with Crippen LogP contribution < -0.4 is 0 Å². The maximum absolute atomic E-state index is 13.0. The zero-order valence-corrected chi connectivity index (χ0v) is 18.8. The number of thioether (sulfide) groups is 2. The van der Waals surface area contributed by atoms with Crippen LogP contribution in [0.25, 0.3) is 0 Å². The maximum atomic E-state index is 13.0. The summed E-state index contributed by atoms with van der Waals surface area (Å²) in [5, 5.41) is 10.2. The zero-order valence-electron chi connectivity index (χ0n) is 16.4. The van der Waals surface area contributed by atoms with Gasteiger partial charge in [0.25, 0.3) is 0 Å². The monoisotopic (exact) mass is 463 g/mol. The smallest absolute Gasteiger partial charge is 0.326 e. The normalized spacial score (nSPS) is 19.5. The Morgan fingerprint density at radius 2 is 1.80 bits per heavy atom. The fourth-order valence-electron chi connectivity index (χ4n) is 3.28. The summed E-state index contributed by atoms with van der Waals surface area (Å²) in [6.45, 7) is 2.11. The second-order valence-corrected chi connectivity index (χ2v) is 9.94. The molecule has 1 aliphatic rings. The predicted octanol–water partition coefficient (Wildman–Crippen LogP) is 4.70. The summed E-state index contributed by atoms with van der Waals surface area (Å²) >= 11 is 8.56. The highest BCUT2D eigenvalue weighted by molar-refractivity contribution is 8.14. The number of halogens is 1. The van der Waals surface area contributed by atoms with E-state index in [-0.39, 0.29) is 16.3 Å². The van der Waals surface area contributed by atoms with Gasteiger partial charge in [0.05, 0.1) is 0 Å². The number of hydrogen-bond donors (Lipinski definition) is 1. The Morgan fingerprint density at radius 3 is 2.43 bits per heavy atom. The molecule has 1 amide bonds. The lowest BCUT2D eigenvalue weighted by molar-refractivity contribution is -0.149. The second kappa shape index (κ2) is 10.4. The molecule has 0 saturated carbocycles. The molecule has 3 atom stereocenters.